The molecule has 25 heavy (non-hydrogen) atoms. The number of carbonyl (C=O) groups is 1. The van der Waals surface area contributed by atoms with E-state index in [1.54, 1.807) is 0 Å². The Labute approximate surface area is 146 Å². The average Bonchev–Trinajstić information content (AvgIpc) is 3.44. The van der Waals surface area contributed by atoms with Crippen LogP contribution in [0.5, 0.6) is 17.2 Å². The van der Waals surface area contributed by atoms with Crippen molar-refractivity contribution in [2.24, 2.45) is 5.92 Å². The summed E-state index contributed by atoms with van der Waals surface area (Å²) in [5, 5.41) is 3.00. The molecule has 2 atom stereocenters. The lowest BCUT2D eigenvalue weighted by atomic mass is 10.1. The summed E-state index contributed by atoms with van der Waals surface area (Å²) in [6.07, 6.45) is 0.849. The molecule has 4 rings (SSSR count). The van der Waals surface area contributed by atoms with Crippen LogP contribution < -0.4 is 19.5 Å². The van der Waals surface area contributed by atoms with Gasteiger partial charge in [-0.05, 0) is 49.1 Å². The lowest BCUT2D eigenvalue weighted by molar-refractivity contribution is -0.117. The van der Waals surface area contributed by atoms with Gasteiger partial charge in [0.25, 0.3) is 0 Å². The van der Waals surface area contributed by atoms with E-state index < -0.39 is 0 Å². The first-order valence-corrected chi connectivity index (χ1v) is 8.68. The predicted octanol–water partition coefficient (Wildman–Crippen LogP) is 3.60. The molecule has 0 aromatic heterocycles. The molecule has 2 aromatic rings. The van der Waals surface area contributed by atoms with Crippen LogP contribution in [0.2, 0.25) is 0 Å². The lowest BCUT2D eigenvalue weighted by Crippen LogP contribution is -2.16. The fourth-order valence-electron chi connectivity index (χ4n) is 3.22. The predicted molar refractivity (Wildman–Crippen MR) is 94.5 cm³/mol. The van der Waals surface area contributed by atoms with Crippen LogP contribution in [0.15, 0.2) is 42.5 Å². The highest BCUT2D eigenvalue weighted by atomic mass is 16.6. The van der Waals surface area contributed by atoms with Gasteiger partial charge in [-0.15, -0.1) is 0 Å². The van der Waals surface area contributed by atoms with E-state index in [2.05, 4.69) is 5.32 Å². The Balaban J connectivity index is 1.44. The van der Waals surface area contributed by atoms with Crippen LogP contribution in [0.3, 0.4) is 0 Å². The van der Waals surface area contributed by atoms with Gasteiger partial charge in [0.05, 0.1) is 12.3 Å². The van der Waals surface area contributed by atoms with Crippen LogP contribution in [0.25, 0.3) is 0 Å². The molecule has 0 spiro atoms. The maximum absolute atomic E-state index is 12.6. The van der Waals surface area contributed by atoms with Gasteiger partial charge in [0.1, 0.15) is 19.0 Å². The van der Waals surface area contributed by atoms with Crippen molar-refractivity contribution >= 4 is 11.6 Å². The van der Waals surface area contributed by atoms with Crippen molar-refractivity contribution in [2.75, 3.05) is 25.1 Å². The van der Waals surface area contributed by atoms with E-state index in [-0.39, 0.29) is 17.7 Å². The van der Waals surface area contributed by atoms with Crippen molar-refractivity contribution in [3.05, 3.63) is 48.0 Å². The molecule has 130 valence electrons. The summed E-state index contributed by atoms with van der Waals surface area (Å²) in [7, 11) is 0. The van der Waals surface area contributed by atoms with Crippen molar-refractivity contribution in [1.29, 1.82) is 0 Å². The Bertz CT molecular complexity index is 789. The lowest BCUT2D eigenvalue weighted by Gasteiger charge is -2.18. The van der Waals surface area contributed by atoms with Gasteiger partial charge in [-0.3, -0.25) is 4.79 Å². The van der Waals surface area contributed by atoms with E-state index in [1.165, 1.54) is 0 Å². The van der Waals surface area contributed by atoms with Gasteiger partial charge in [-0.1, -0.05) is 18.2 Å². The zero-order valence-corrected chi connectivity index (χ0v) is 14.2. The SMILES string of the molecule is CCOc1ccccc1NC(=O)C1CC1c1ccc2c(c1)OCCO2. The van der Waals surface area contributed by atoms with E-state index in [1.807, 2.05) is 49.4 Å². The van der Waals surface area contributed by atoms with E-state index in [0.717, 1.165) is 29.2 Å². The molecule has 5 nitrogen and oxygen atoms in total. The number of rotatable bonds is 5. The molecule has 5 heteroatoms. The number of carbonyl (C=O) groups excluding carboxylic acids is 1. The smallest absolute Gasteiger partial charge is 0.228 e. The van der Waals surface area contributed by atoms with Gasteiger partial charge in [0, 0.05) is 5.92 Å². The number of para-hydroxylation sites is 2. The van der Waals surface area contributed by atoms with Gasteiger partial charge in [-0.2, -0.15) is 0 Å². The maximum Gasteiger partial charge on any atom is 0.228 e. The first-order valence-electron chi connectivity index (χ1n) is 8.68. The summed E-state index contributed by atoms with van der Waals surface area (Å²) in [5.74, 6) is 2.51. The molecule has 1 aliphatic heterocycles. The number of ether oxygens (including phenoxy) is 3. The Morgan fingerprint density at radius 3 is 2.80 bits per heavy atom. The Kier molecular flexibility index (Phi) is 4.22. The van der Waals surface area contributed by atoms with E-state index in [9.17, 15) is 4.79 Å². The highest BCUT2D eigenvalue weighted by molar-refractivity contribution is 5.96. The minimum Gasteiger partial charge on any atom is -0.492 e. The number of benzene rings is 2. The minimum atomic E-state index is -0.0164. The van der Waals surface area contributed by atoms with Gasteiger partial charge in [0.15, 0.2) is 11.5 Å². The quantitative estimate of drug-likeness (QED) is 0.904. The number of hydrogen-bond acceptors (Lipinski definition) is 4. The normalized spacial score (nSPS) is 20.7. The van der Waals surface area contributed by atoms with Crippen LogP contribution in [-0.2, 0) is 4.79 Å². The molecule has 1 aliphatic carbocycles. The molecule has 1 heterocycles. The monoisotopic (exact) mass is 339 g/mol. The molecule has 2 aliphatic rings. The van der Waals surface area contributed by atoms with Gasteiger partial charge in [-0.25, -0.2) is 0 Å². The highest BCUT2D eigenvalue weighted by Gasteiger charge is 2.44. The third-order valence-corrected chi connectivity index (χ3v) is 4.57. The number of amides is 1. The van der Waals surface area contributed by atoms with Gasteiger partial charge >= 0.3 is 0 Å². The molecule has 0 bridgehead atoms. The summed E-state index contributed by atoms with van der Waals surface area (Å²) < 4.78 is 16.8. The fourth-order valence-corrected chi connectivity index (χ4v) is 3.22. The van der Waals surface area contributed by atoms with Crippen LogP contribution in [0, 0.1) is 5.92 Å². The van der Waals surface area contributed by atoms with Gasteiger partial charge < -0.3 is 19.5 Å². The molecule has 0 radical (unpaired) electrons. The molecule has 2 unspecified atom stereocenters. The summed E-state index contributed by atoms with van der Waals surface area (Å²) in [4.78, 5) is 12.6. The summed E-state index contributed by atoms with van der Waals surface area (Å²) in [6.45, 7) is 3.65. The molecule has 1 saturated carbocycles. The second-order valence-electron chi connectivity index (χ2n) is 6.27. The zero-order valence-electron chi connectivity index (χ0n) is 14.2. The second-order valence-corrected chi connectivity index (χ2v) is 6.27. The van der Waals surface area contributed by atoms with Gasteiger partial charge in [0.2, 0.25) is 5.91 Å². The van der Waals surface area contributed by atoms with E-state index in [4.69, 9.17) is 14.2 Å². The number of nitrogens with one attached hydrogen (secondary N) is 1. The molecule has 1 N–H and O–H groups in total. The standard InChI is InChI=1S/C20H21NO4/c1-2-23-17-6-4-3-5-16(17)21-20(22)15-12-14(15)13-7-8-18-19(11-13)25-10-9-24-18/h3-8,11,14-15H,2,9-10,12H2,1H3,(H,21,22). The Morgan fingerprint density at radius 2 is 1.96 bits per heavy atom. The second kappa shape index (κ2) is 6.67. The van der Waals surface area contributed by atoms with Crippen LogP contribution in [0.4, 0.5) is 5.69 Å². The topological polar surface area (TPSA) is 56.8 Å². The summed E-state index contributed by atoms with van der Waals surface area (Å²) >= 11 is 0. The molecular weight excluding hydrogens is 318 g/mol. The van der Waals surface area contributed by atoms with Crippen molar-refractivity contribution in [3.63, 3.8) is 0 Å². The van der Waals surface area contributed by atoms with E-state index in [0.29, 0.717) is 25.6 Å². The maximum atomic E-state index is 12.6. The van der Waals surface area contributed by atoms with Crippen molar-refractivity contribution in [2.45, 2.75) is 19.3 Å². The van der Waals surface area contributed by atoms with Crippen molar-refractivity contribution in [3.8, 4) is 17.2 Å². The zero-order chi connectivity index (χ0) is 17.2. The molecule has 0 saturated heterocycles. The van der Waals surface area contributed by atoms with Crippen molar-refractivity contribution in [1.82, 2.24) is 0 Å². The first kappa shape index (κ1) is 15.8. The molecular formula is C20H21NO4. The summed E-state index contributed by atoms with van der Waals surface area (Å²) in [6, 6.07) is 13.5. The third-order valence-electron chi connectivity index (χ3n) is 4.57. The van der Waals surface area contributed by atoms with Crippen molar-refractivity contribution < 1.29 is 19.0 Å². The summed E-state index contributed by atoms with van der Waals surface area (Å²) in [5.41, 5.74) is 1.85. The highest BCUT2D eigenvalue weighted by Crippen LogP contribution is 2.50. The molecule has 2 aromatic carbocycles. The molecule has 1 fully saturated rings. The van der Waals surface area contributed by atoms with Crippen LogP contribution >= 0.6 is 0 Å². The van der Waals surface area contributed by atoms with Crippen LogP contribution in [0.1, 0.15) is 24.8 Å². The first-order chi connectivity index (χ1) is 12.3. The van der Waals surface area contributed by atoms with E-state index >= 15 is 0 Å². The average molecular weight is 339 g/mol. The minimum absolute atomic E-state index is 0.0164. The van der Waals surface area contributed by atoms with Crippen LogP contribution in [-0.4, -0.2) is 25.7 Å². The Hall–Kier alpha value is -2.69. The number of anilines is 1. The number of hydrogen-bond donors (Lipinski definition) is 1. The number of fused-ring (bicyclic) bond motifs is 1. The Morgan fingerprint density at radius 1 is 1.16 bits per heavy atom. The molecule has 1 amide bonds. The third kappa shape index (κ3) is 3.27. The largest absolute Gasteiger partial charge is 0.492 e. The fraction of sp³-hybridized carbons (Fsp3) is 0.350.